The highest BCUT2D eigenvalue weighted by molar-refractivity contribution is 6.35. The lowest BCUT2D eigenvalue weighted by Gasteiger charge is -2.06. The summed E-state index contributed by atoms with van der Waals surface area (Å²) in [7, 11) is 0. The van der Waals surface area contributed by atoms with Crippen LogP contribution in [0, 0.1) is 0 Å². The molecule has 0 atom stereocenters. The Bertz CT molecular complexity index is 967. The van der Waals surface area contributed by atoms with E-state index in [2.05, 4.69) is 15.1 Å². The molecule has 0 aliphatic heterocycles. The molecular weight excluding hydrogens is 331 g/mol. The summed E-state index contributed by atoms with van der Waals surface area (Å²) in [5.41, 5.74) is 3.85. The zero-order valence-corrected chi connectivity index (χ0v) is 13.5. The molecule has 23 heavy (non-hydrogen) atoms. The average Bonchev–Trinajstić information content (AvgIpc) is 3.20. The van der Waals surface area contributed by atoms with E-state index in [4.69, 9.17) is 23.2 Å². The van der Waals surface area contributed by atoms with Crippen molar-refractivity contribution in [3.05, 3.63) is 70.7 Å². The van der Waals surface area contributed by atoms with Crippen LogP contribution in [0.4, 0.5) is 0 Å². The highest BCUT2D eigenvalue weighted by atomic mass is 35.5. The first-order valence-corrected chi connectivity index (χ1v) is 7.86. The van der Waals surface area contributed by atoms with E-state index in [0.717, 1.165) is 27.7 Å². The van der Waals surface area contributed by atoms with Crippen molar-refractivity contribution < 1.29 is 0 Å². The topological polar surface area (TPSA) is 46.5 Å². The number of rotatable bonds is 3. The number of pyridine rings is 1. The number of hydrogen-bond donors (Lipinski definition) is 1. The van der Waals surface area contributed by atoms with Crippen molar-refractivity contribution in [2.75, 3.05) is 0 Å². The molecule has 4 nitrogen and oxygen atoms in total. The van der Waals surface area contributed by atoms with Gasteiger partial charge in [0, 0.05) is 45.1 Å². The van der Waals surface area contributed by atoms with Crippen LogP contribution < -0.4 is 0 Å². The molecule has 3 aromatic heterocycles. The molecule has 1 aromatic carbocycles. The van der Waals surface area contributed by atoms with Crippen LogP contribution >= 0.6 is 23.2 Å². The third-order valence-corrected chi connectivity index (χ3v) is 4.49. The van der Waals surface area contributed by atoms with E-state index < -0.39 is 0 Å². The number of halogens is 2. The number of nitrogens with zero attached hydrogens (tertiary/aromatic N) is 3. The molecule has 0 saturated heterocycles. The maximum atomic E-state index is 6.23. The minimum absolute atomic E-state index is 0.528. The van der Waals surface area contributed by atoms with Gasteiger partial charge in [0.15, 0.2) is 0 Å². The molecule has 1 N–H and O–H groups in total. The third-order valence-electron chi connectivity index (χ3n) is 3.79. The fourth-order valence-electron chi connectivity index (χ4n) is 2.65. The molecule has 0 aliphatic rings. The summed E-state index contributed by atoms with van der Waals surface area (Å²) in [6.07, 6.45) is 7.50. The fraction of sp³-hybridized carbons (Fsp3) is 0.0588. The molecule has 0 unspecified atom stereocenters. The van der Waals surface area contributed by atoms with E-state index in [0.29, 0.717) is 16.6 Å². The second-order valence-electron chi connectivity index (χ2n) is 5.23. The summed E-state index contributed by atoms with van der Waals surface area (Å²) in [6, 6.07) is 9.50. The van der Waals surface area contributed by atoms with Crippen molar-refractivity contribution >= 4 is 34.2 Å². The van der Waals surface area contributed by atoms with E-state index in [1.165, 1.54) is 0 Å². The molecule has 6 heteroatoms. The van der Waals surface area contributed by atoms with E-state index in [9.17, 15) is 0 Å². The van der Waals surface area contributed by atoms with Gasteiger partial charge in [-0.05, 0) is 29.8 Å². The first kappa shape index (κ1) is 14.3. The lowest BCUT2D eigenvalue weighted by atomic mass is 10.1. The summed E-state index contributed by atoms with van der Waals surface area (Å²) < 4.78 is 1.83. The number of H-pyrrole nitrogens is 1. The smallest absolute Gasteiger partial charge is 0.137 e. The third kappa shape index (κ3) is 2.60. The Hall–Kier alpha value is -2.30. The van der Waals surface area contributed by atoms with Crippen LogP contribution in [0.1, 0.15) is 5.56 Å². The summed E-state index contributed by atoms with van der Waals surface area (Å²) in [4.78, 5) is 7.43. The molecule has 4 rings (SSSR count). The summed E-state index contributed by atoms with van der Waals surface area (Å²) in [5.74, 6) is 0. The molecule has 0 aliphatic carbocycles. The van der Waals surface area contributed by atoms with Gasteiger partial charge in [-0.2, -0.15) is 5.10 Å². The molecule has 4 aromatic rings. The van der Waals surface area contributed by atoms with E-state index in [1.807, 2.05) is 53.6 Å². The summed E-state index contributed by atoms with van der Waals surface area (Å²) in [5, 5.41) is 6.79. The zero-order valence-electron chi connectivity index (χ0n) is 12.0. The number of fused-ring (bicyclic) bond motifs is 1. The number of benzene rings is 1. The van der Waals surface area contributed by atoms with Gasteiger partial charge in [0.1, 0.15) is 5.65 Å². The minimum atomic E-state index is 0.528. The van der Waals surface area contributed by atoms with Crippen LogP contribution in [0.5, 0.6) is 0 Å². The van der Waals surface area contributed by atoms with Gasteiger partial charge in [0.25, 0.3) is 0 Å². The largest absolute Gasteiger partial charge is 0.346 e. The normalized spacial score (nSPS) is 11.2. The molecule has 114 valence electrons. The average molecular weight is 343 g/mol. The standard InChI is InChI=1S/C17H12Cl2N4/c18-15-2-1-3-16(19)14(15)10-23-9-11(8-22-23)12-4-6-20-17-13(12)5-7-21-17/h1-9H,10H2,(H,20,21). The Morgan fingerprint density at radius 2 is 1.91 bits per heavy atom. The second kappa shape index (κ2) is 5.72. The molecule has 0 amide bonds. The van der Waals surface area contributed by atoms with Gasteiger partial charge in [-0.15, -0.1) is 0 Å². The van der Waals surface area contributed by atoms with E-state index in [1.54, 1.807) is 6.20 Å². The number of nitrogens with one attached hydrogen (secondary N) is 1. The minimum Gasteiger partial charge on any atom is -0.346 e. The highest BCUT2D eigenvalue weighted by Gasteiger charge is 2.10. The Morgan fingerprint density at radius 3 is 2.74 bits per heavy atom. The predicted molar refractivity (Wildman–Crippen MR) is 92.9 cm³/mol. The van der Waals surface area contributed by atoms with Crippen molar-refractivity contribution in [1.29, 1.82) is 0 Å². The first-order valence-electron chi connectivity index (χ1n) is 7.10. The zero-order chi connectivity index (χ0) is 15.8. The van der Waals surface area contributed by atoms with Crippen LogP contribution in [0.2, 0.25) is 10.0 Å². The lowest BCUT2D eigenvalue weighted by Crippen LogP contribution is -2.01. The van der Waals surface area contributed by atoms with Crippen LogP contribution in [-0.4, -0.2) is 19.7 Å². The highest BCUT2D eigenvalue weighted by Crippen LogP contribution is 2.28. The fourth-order valence-corrected chi connectivity index (χ4v) is 3.16. The number of aromatic amines is 1. The molecule has 3 heterocycles. The van der Waals surface area contributed by atoms with Gasteiger partial charge in [-0.25, -0.2) is 4.98 Å². The van der Waals surface area contributed by atoms with Crippen LogP contribution in [0.3, 0.4) is 0 Å². The van der Waals surface area contributed by atoms with Gasteiger partial charge >= 0.3 is 0 Å². The van der Waals surface area contributed by atoms with Crippen molar-refractivity contribution in [3.63, 3.8) is 0 Å². The van der Waals surface area contributed by atoms with Gasteiger partial charge in [0.2, 0.25) is 0 Å². The van der Waals surface area contributed by atoms with Crippen molar-refractivity contribution in [3.8, 4) is 11.1 Å². The monoisotopic (exact) mass is 342 g/mol. The molecular formula is C17H12Cl2N4. The molecule has 0 spiro atoms. The van der Waals surface area contributed by atoms with Gasteiger partial charge in [0.05, 0.1) is 12.7 Å². The van der Waals surface area contributed by atoms with Crippen molar-refractivity contribution in [2.24, 2.45) is 0 Å². The molecule has 0 saturated carbocycles. The Labute approximate surface area is 142 Å². The second-order valence-corrected chi connectivity index (χ2v) is 6.04. The van der Waals surface area contributed by atoms with Crippen molar-refractivity contribution in [1.82, 2.24) is 19.7 Å². The van der Waals surface area contributed by atoms with Crippen LogP contribution in [0.25, 0.3) is 22.2 Å². The maximum absolute atomic E-state index is 6.23. The van der Waals surface area contributed by atoms with Gasteiger partial charge in [-0.3, -0.25) is 4.68 Å². The Kier molecular flexibility index (Phi) is 3.56. The van der Waals surface area contributed by atoms with E-state index in [-0.39, 0.29) is 0 Å². The van der Waals surface area contributed by atoms with Crippen LogP contribution in [-0.2, 0) is 6.54 Å². The molecule has 0 bridgehead atoms. The summed E-state index contributed by atoms with van der Waals surface area (Å²) >= 11 is 12.5. The first-order chi connectivity index (χ1) is 11.2. The predicted octanol–water partition coefficient (Wildman–Crippen LogP) is 4.78. The molecule has 0 fully saturated rings. The van der Waals surface area contributed by atoms with Crippen LogP contribution in [0.15, 0.2) is 55.1 Å². The van der Waals surface area contributed by atoms with Crippen molar-refractivity contribution in [2.45, 2.75) is 6.54 Å². The number of aromatic nitrogens is 4. The van der Waals surface area contributed by atoms with Gasteiger partial charge in [-0.1, -0.05) is 29.3 Å². The van der Waals surface area contributed by atoms with E-state index >= 15 is 0 Å². The Morgan fingerprint density at radius 1 is 1.09 bits per heavy atom. The number of hydrogen-bond acceptors (Lipinski definition) is 2. The Balaban J connectivity index is 1.71. The summed E-state index contributed by atoms with van der Waals surface area (Å²) in [6.45, 7) is 0.528. The quantitative estimate of drug-likeness (QED) is 0.582. The molecule has 0 radical (unpaired) electrons. The maximum Gasteiger partial charge on any atom is 0.137 e. The lowest BCUT2D eigenvalue weighted by molar-refractivity contribution is 0.687. The van der Waals surface area contributed by atoms with Gasteiger partial charge < -0.3 is 4.98 Å². The SMILES string of the molecule is Clc1cccc(Cl)c1Cn1cc(-c2ccnc3[nH]ccc23)cn1.